The Morgan fingerprint density at radius 3 is 1.84 bits per heavy atom. The Hall–Kier alpha value is -2.14. The zero-order valence-electron chi connectivity index (χ0n) is 9.84. The van der Waals surface area contributed by atoms with Crippen molar-refractivity contribution in [3.05, 3.63) is 43.0 Å². The summed E-state index contributed by atoms with van der Waals surface area (Å²) in [7, 11) is 3.72. The Morgan fingerprint density at radius 1 is 1.11 bits per heavy atom. The summed E-state index contributed by atoms with van der Waals surface area (Å²) in [6.07, 6.45) is 0. The molecule has 5 heteroatoms. The maximum Gasteiger partial charge on any atom is 0.412 e. The lowest BCUT2D eigenvalue weighted by Gasteiger charge is -2.11. The normalized spacial score (nSPS) is 7.74. The summed E-state index contributed by atoms with van der Waals surface area (Å²) in [4.78, 5) is 27.1. The first-order valence-corrected chi connectivity index (χ1v) is 4.73. The van der Waals surface area contributed by atoms with E-state index in [0.717, 1.165) is 5.69 Å². The van der Waals surface area contributed by atoms with Crippen LogP contribution in [0.4, 0.5) is 5.69 Å². The van der Waals surface area contributed by atoms with Crippen molar-refractivity contribution in [2.45, 2.75) is 14.9 Å². The highest BCUT2D eigenvalue weighted by atomic mass is 17.1. The Bertz CT molecular complexity index is 385. The van der Waals surface area contributed by atoms with E-state index in [1.165, 1.54) is 12.1 Å². The molecule has 0 saturated carbocycles. The summed E-state index contributed by atoms with van der Waals surface area (Å²) >= 11 is 0. The van der Waals surface area contributed by atoms with Crippen molar-refractivity contribution >= 4 is 17.4 Å². The topological polar surface area (TPSA) is 66.8 Å². The van der Waals surface area contributed by atoms with Crippen molar-refractivity contribution in [3.63, 3.8) is 0 Å². The number of ketones is 1. The molecule has 0 amide bonds. The molecular weight excluding hydrogens is 246 g/mol. The Balaban J connectivity index is -0.000000609. The Labute approximate surface area is 115 Å². The second kappa shape index (κ2) is 11.0. The van der Waals surface area contributed by atoms with E-state index in [-0.39, 0.29) is 20.4 Å². The SMILES string of the molecule is C.C.C=C.CN(C)c1ccc(C(=O)C(=O)OO)cc1. The predicted octanol–water partition coefficient (Wildman–Crippen LogP) is 3.03. The third-order valence-electron chi connectivity index (χ3n) is 1.91. The summed E-state index contributed by atoms with van der Waals surface area (Å²) in [6, 6.07) is 6.37. The van der Waals surface area contributed by atoms with Crippen LogP contribution in [0, 0.1) is 0 Å². The molecule has 1 N–H and O–H groups in total. The van der Waals surface area contributed by atoms with Crippen LogP contribution in [0.1, 0.15) is 25.2 Å². The minimum absolute atomic E-state index is 0. The summed E-state index contributed by atoms with van der Waals surface area (Å²) in [5, 5.41) is 8.03. The van der Waals surface area contributed by atoms with Gasteiger partial charge in [0.2, 0.25) is 0 Å². The highest BCUT2D eigenvalue weighted by Gasteiger charge is 2.17. The molecule has 1 aromatic rings. The van der Waals surface area contributed by atoms with Crippen LogP contribution in [0.3, 0.4) is 0 Å². The number of rotatable bonds is 3. The standard InChI is InChI=1S/C10H11NO4.C2H4.2CH4/c1-11(2)8-5-3-7(4-6-8)9(12)10(13)15-14;1-2;;/h3-6,14H,1-2H3;1-2H2;2*1H4. The van der Waals surface area contributed by atoms with Crippen LogP contribution in [0.2, 0.25) is 0 Å². The van der Waals surface area contributed by atoms with Crippen molar-refractivity contribution in [1.82, 2.24) is 0 Å². The lowest BCUT2D eigenvalue weighted by Crippen LogP contribution is -2.16. The number of benzene rings is 1. The molecule has 0 fully saturated rings. The first-order chi connectivity index (χ1) is 8.06. The predicted molar refractivity (Wildman–Crippen MR) is 78.5 cm³/mol. The van der Waals surface area contributed by atoms with Crippen LogP contribution in [0.15, 0.2) is 37.4 Å². The van der Waals surface area contributed by atoms with Crippen LogP contribution in [-0.2, 0) is 9.68 Å². The van der Waals surface area contributed by atoms with Gasteiger partial charge < -0.3 is 4.90 Å². The van der Waals surface area contributed by atoms with E-state index in [2.05, 4.69) is 18.0 Å². The first-order valence-electron chi connectivity index (χ1n) is 4.73. The van der Waals surface area contributed by atoms with Gasteiger partial charge in [0.25, 0.3) is 5.78 Å². The fraction of sp³-hybridized carbons (Fsp3) is 0.286. The molecule has 0 spiro atoms. The van der Waals surface area contributed by atoms with Crippen molar-refractivity contribution in [3.8, 4) is 0 Å². The highest BCUT2D eigenvalue weighted by molar-refractivity contribution is 6.40. The lowest BCUT2D eigenvalue weighted by atomic mass is 10.1. The molecule has 0 heterocycles. The van der Waals surface area contributed by atoms with Crippen molar-refractivity contribution in [2.75, 3.05) is 19.0 Å². The minimum Gasteiger partial charge on any atom is -0.378 e. The van der Waals surface area contributed by atoms with Gasteiger partial charge in [-0.1, -0.05) is 14.9 Å². The van der Waals surface area contributed by atoms with Gasteiger partial charge >= 0.3 is 5.97 Å². The van der Waals surface area contributed by atoms with Crippen LogP contribution in [0.25, 0.3) is 0 Å². The van der Waals surface area contributed by atoms with Gasteiger partial charge in [-0.3, -0.25) is 9.68 Å². The first kappa shape index (κ1) is 22.1. The van der Waals surface area contributed by atoms with E-state index in [0.29, 0.717) is 0 Å². The summed E-state index contributed by atoms with van der Waals surface area (Å²) in [5.74, 6) is -2.16. The average Bonchev–Trinajstić information content (AvgIpc) is 2.39. The molecule has 0 aliphatic rings. The quantitative estimate of drug-likeness (QED) is 0.300. The molecule has 0 radical (unpaired) electrons. The maximum absolute atomic E-state index is 11.2. The molecule has 0 aromatic heterocycles. The fourth-order valence-corrected chi connectivity index (χ4v) is 1.07. The number of Topliss-reactive ketones (excluding diaryl/α,β-unsaturated/α-hetero) is 1. The third kappa shape index (κ3) is 6.38. The van der Waals surface area contributed by atoms with Gasteiger partial charge in [0.1, 0.15) is 0 Å². The molecule has 0 atom stereocenters. The van der Waals surface area contributed by atoms with Gasteiger partial charge in [0.15, 0.2) is 0 Å². The molecule has 19 heavy (non-hydrogen) atoms. The number of carbonyl (C=O) groups is 2. The molecule has 0 aliphatic carbocycles. The molecule has 0 aliphatic heterocycles. The van der Waals surface area contributed by atoms with Crippen molar-refractivity contribution in [1.29, 1.82) is 0 Å². The zero-order chi connectivity index (χ0) is 13.4. The van der Waals surface area contributed by atoms with E-state index in [1.54, 1.807) is 12.1 Å². The second-order valence-electron chi connectivity index (χ2n) is 3.15. The largest absolute Gasteiger partial charge is 0.412 e. The summed E-state index contributed by atoms with van der Waals surface area (Å²) < 4.78 is 0. The summed E-state index contributed by atoms with van der Waals surface area (Å²) in [5.41, 5.74) is 1.09. The second-order valence-corrected chi connectivity index (χ2v) is 3.15. The van der Waals surface area contributed by atoms with E-state index in [4.69, 9.17) is 5.26 Å². The van der Waals surface area contributed by atoms with E-state index < -0.39 is 11.8 Å². The van der Waals surface area contributed by atoms with Gasteiger partial charge in [0, 0.05) is 25.3 Å². The van der Waals surface area contributed by atoms with Crippen LogP contribution in [0.5, 0.6) is 0 Å². The molecule has 108 valence electrons. The molecule has 1 aromatic carbocycles. The molecule has 0 unspecified atom stereocenters. The molecule has 0 bridgehead atoms. The number of nitrogens with zero attached hydrogens (tertiary/aromatic N) is 1. The lowest BCUT2D eigenvalue weighted by molar-refractivity contribution is -0.227. The van der Waals surface area contributed by atoms with E-state index >= 15 is 0 Å². The minimum atomic E-state index is -1.28. The number of hydrogen-bond acceptors (Lipinski definition) is 5. The highest BCUT2D eigenvalue weighted by Crippen LogP contribution is 2.12. The monoisotopic (exact) mass is 269 g/mol. The zero-order valence-corrected chi connectivity index (χ0v) is 9.84. The van der Waals surface area contributed by atoms with Gasteiger partial charge in [-0.25, -0.2) is 4.79 Å². The van der Waals surface area contributed by atoms with E-state index in [1.807, 2.05) is 19.0 Å². The number of hydrogen-bond donors (Lipinski definition) is 1. The van der Waals surface area contributed by atoms with Crippen molar-refractivity contribution < 1.29 is 19.7 Å². The molecule has 0 saturated heterocycles. The van der Waals surface area contributed by atoms with Gasteiger partial charge in [-0.15, -0.1) is 13.2 Å². The fourth-order valence-electron chi connectivity index (χ4n) is 1.07. The summed E-state index contributed by atoms with van der Waals surface area (Å²) in [6.45, 7) is 6.00. The molecular formula is C14H23NO4. The van der Waals surface area contributed by atoms with Crippen LogP contribution in [-0.4, -0.2) is 31.1 Å². The number of anilines is 1. The van der Waals surface area contributed by atoms with Gasteiger partial charge in [-0.2, -0.15) is 5.26 Å². The average molecular weight is 269 g/mol. The smallest absolute Gasteiger partial charge is 0.378 e. The van der Waals surface area contributed by atoms with Crippen LogP contribution >= 0.6 is 0 Å². The van der Waals surface area contributed by atoms with Gasteiger partial charge in [0.05, 0.1) is 0 Å². The maximum atomic E-state index is 11.2. The molecule has 1 rings (SSSR count). The molecule has 5 nitrogen and oxygen atoms in total. The van der Waals surface area contributed by atoms with E-state index in [9.17, 15) is 9.59 Å². The Morgan fingerprint density at radius 2 is 1.53 bits per heavy atom. The van der Waals surface area contributed by atoms with Gasteiger partial charge in [-0.05, 0) is 24.3 Å². The number of carbonyl (C=O) groups excluding carboxylic acids is 2. The van der Waals surface area contributed by atoms with Crippen molar-refractivity contribution in [2.24, 2.45) is 0 Å². The van der Waals surface area contributed by atoms with Crippen LogP contribution < -0.4 is 4.90 Å². The third-order valence-corrected chi connectivity index (χ3v) is 1.91. The Kier molecular flexibility index (Phi) is 12.8.